The Kier molecular flexibility index (Phi) is 24.6. The molecule has 0 saturated heterocycles. The third kappa shape index (κ3) is 17.5. The molecule has 3 nitrogen and oxygen atoms in total. The van der Waals surface area contributed by atoms with Gasteiger partial charge in [-0.2, -0.15) is 0 Å². The van der Waals surface area contributed by atoms with E-state index in [2.05, 4.69) is 0 Å². The van der Waals surface area contributed by atoms with Crippen molar-refractivity contribution >= 4 is 59.1 Å². The molecule has 0 heterocycles. The van der Waals surface area contributed by atoms with Crippen molar-refractivity contribution in [2.75, 3.05) is 13.1 Å². The van der Waals surface area contributed by atoms with E-state index in [1.807, 2.05) is 6.07 Å². The number of hydrogen-bond acceptors (Lipinski definition) is 3. The van der Waals surface area contributed by atoms with Crippen LogP contribution in [0, 0.1) is 0 Å². The fraction of sp³-hybridized carbons (Fsp3) is 0.400. The van der Waals surface area contributed by atoms with Gasteiger partial charge in [0.1, 0.15) is 5.75 Å². The average molecular weight is 230 g/mol. The third-order valence-corrected chi connectivity index (χ3v) is 1.41. The number of rotatable bonds is 3. The van der Waals surface area contributed by atoms with Gasteiger partial charge in [-0.05, 0) is 38.1 Å². The number of aromatic hydroxyl groups is 1. The molecule has 0 spiro atoms. The van der Waals surface area contributed by atoms with Crippen molar-refractivity contribution in [3.05, 3.63) is 30.3 Å². The van der Waals surface area contributed by atoms with Crippen LogP contribution in [-0.4, -0.2) is 77.3 Å². The standard InChI is InChI=1S/C6H6O.C4H12N2.2Na.2H/c7-6-4-2-1-3-5-6;5-3-1-2-4-6;;;;/h1-5,7H;1-6H2;;;;. The van der Waals surface area contributed by atoms with Gasteiger partial charge < -0.3 is 16.6 Å². The Balaban J connectivity index is -0.000000172. The van der Waals surface area contributed by atoms with Gasteiger partial charge in [-0.15, -0.1) is 0 Å². The zero-order chi connectivity index (χ0) is 9.94. The van der Waals surface area contributed by atoms with Gasteiger partial charge in [-0.25, -0.2) is 0 Å². The van der Waals surface area contributed by atoms with Crippen LogP contribution >= 0.6 is 0 Å². The maximum absolute atomic E-state index is 8.63. The van der Waals surface area contributed by atoms with Crippen molar-refractivity contribution in [3.63, 3.8) is 0 Å². The Morgan fingerprint density at radius 2 is 1.27 bits per heavy atom. The summed E-state index contributed by atoms with van der Waals surface area (Å²) in [6.07, 6.45) is 2.13. The van der Waals surface area contributed by atoms with Crippen LogP contribution in [0.4, 0.5) is 0 Å². The van der Waals surface area contributed by atoms with Crippen LogP contribution in [0.2, 0.25) is 0 Å². The van der Waals surface area contributed by atoms with Crippen LogP contribution in [0.5, 0.6) is 5.75 Å². The molecule has 1 aromatic carbocycles. The zero-order valence-electron chi connectivity index (χ0n) is 7.82. The molecule has 0 aliphatic rings. The summed E-state index contributed by atoms with van der Waals surface area (Å²) >= 11 is 0. The molecule has 0 radical (unpaired) electrons. The van der Waals surface area contributed by atoms with Gasteiger partial charge in [0.2, 0.25) is 0 Å². The van der Waals surface area contributed by atoms with Crippen molar-refractivity contribution in [2.45, 2.75) is 12.8 Å². The quantitative estimate of drug-likeness (QED) is 0.496. The van der Waals surface area contributed by atoms with E-state index in [0.717, 1.165) is 25.9 Å². The number of benzene rings is 1. The van der Waals surface area contributed by atoms with E-state index in [1.54, 1.807) is 24.3 Å². The number of para-hydroxylation sites is 1. The first-order chi connectivity index (χ1) is 6.31. The summed E-state index contributed by atoms with van der Waals surface area (Å²) < 4.78 is 0. The first kappa shape index (κ1) is 21.2. The van der Waals surface area contributed by atoms with Gasteiger partial charge >= 0.3 is 59.1 Å². The molecule has 5 N–H and O–H groups in total. The molecule has 0 atom stereocenters. The van der Waals surface area contributed by atoms with E-state index >= 15 is 0 Å². The molecule has 1 aromatic rings. The molecule has 0 bridgehead atoms. The summed E-state index contributed by atoms with van der Waals surface area (Å²) in [5, 5.41) is 8.63. The molecule has 0 aromatic heterocycles. The Morgan fingerprint density at radius 1 is 0.867 bits per heavy atom. The van der Waals surface area contributed by atoms with Gasteiger partial charge in [0, 0.05) is 0 Å². The van der Waals surface area contributed by atoms with E-state index in [0.29, 0.717) is 5.75 Å². The van der Waals surface area contributed by atoms with Crippen molar-refractivity contribution in [1.82, 2.24) is 0 Å². The molecule has 15 heavy (non-hydrogen) atoms. The number of phenols is 1. The second kappa shape index (κ2) is 17.3. The fourth-order valence-corrected chi connectivity index (χ4v) is 0.717. The van der Waals surface area contributed by atoms with E-state index < -0.39 is 0 Å². The van der Waals surface area contributed by atoms with E-state index in [4.69, 9.17) is 16.6 Å². The number of unbranched alkanes of at least 4 members (excludes halogenated alkanes) is 1. The number of nitrogens with two attached hydrogens (primary N) is 2. The molecule has 0 aliphatic heterocycles. The molecule has 0 fully saturated rings. The van der Waals surface area contributed by atoms with Gasteiger partial charge in [-0.3, -0.25) is 0 Å². The van der Waals surface area contributed by atoms with Gasteiger partial charge in [0.25, 0.3) is 0 Å². The van der Waals surface area contributed by atoms with Crippen LogP contribution in [0.3, 0.4) is 0 Å². The number of phenolic OH excluding ortho intramolecular Hbond substituents is 1. The number of hydrogen-bond donors (Lipinski definition) is 3. The maximum atomic E-state index is 8.63. The van der Waals surface area contributed by atoms with E-state index in [1.165, 1.54) is 0 Å². The summed E-state index contributed by atoms with van der Waals surface area (Å²) in [5.41, 5.74) is 10.3. The van der Waals surface area contributed by atoms with Crippen LogP contribution < -0.4 is 11.5 Å². The first-order valence-corrected chi connectivity index (χ1v) is 4.45. The SMILES string of the molecule is NCCCCN.Oc1ccccc1.[NaH].[NaH]. The molecule has 0 saturated carbocycles. The molecule has 0 amide bonds. The molecular weight excluding hydrogens is 210 g/mol. The van der Waals surface area contributed by atoms with Crippen LogP contribution in [0.1, 0.15) is 12.8 Å². The molecule has 5 heteroatoms. The van der Waals surface area contributed by atoms with Crippen molar-refractivity contribution in [1.29, 1.82) is 0 Å². The average Bonchev–Trinajstić information content (AvgIpc) is 2.17. The van der Waals surface area contributed by atoms with Gasteiger partial charge in [-0.1, -0.05) is 18.2 Å². The molecule has 0 aliphatic carbocycles. The predicted molar refractivity (Wildman–Crippen MR) is 69.7 cm³/mol. The fourth-order valence-electron chi connectivity index (χ4n) is 0.717. The van der Waals surface area contributed by atoms with E-state index in [-0.39, 0.29) is 59.1 Å². The minimum atomic E-state index is 0. The van der Waals surface area contributed by atoms with Crippen molar-refractivity contribution < 1.29 is 5.11 Å². The minimum absolute atomic E-state index is 0. The normalized spacial score (nSPS) is 7.60. The summed E-state index contributed by atoms with van der Waals surface area (Å²) in [6.45, 7) is 1.55. The van der Waals surface area contributed by atoms with Crippen LogP contribution in [0.25, 0.3) is 0 Å². The van der Waals surface area contributed by atoms with Gasteiger partial charge in [0.05, 0.1) is 0 Å². The van der Waals surface area contributed by atoms with Crippen molar-refractivity contribution in [3.8, 4) is 5.75 Å². The van der Waals surface area contributed by atoms with Crippen LogP contribution in [-0.2, 0) is 0 Å². The summed E-state index contributed by atoms with van der Waals surface area (Å²) in [5.74, 6) is 0.322. The Labute approximate surface area is 136 Å². The summed E-state index contributed by atoms with van der Waals surface area (Å²) in [6, 6.07) is 8.71. The monoisotopic (exact) mass is 230 g/mol. The summed E-state index contributed by atoms with van der Waals surface area (Å²) in [7, 11) is 0. The Hall–Kier alpha value is 0.940. The zero-order valence-corrected chi connectivity index (χ0v) is 7.82. The Bertz CT molecular complexity index is 194. The van der Waals surface area contributed by atoms with Crippen molar-refractivity contribution in [2.24, 2.45) is 11.5 Å². The molecule has 78 valence electrons. The predicted octanol–water partition coefficient (Wildman–Crippen LogP) is -0.221. The molecule has 1 rings (SSSR count). The summed E-state index contributed by atoms with van der Waals surface area (Å²) in [4.78, 5) is 0. The second-order valence-electron chi connectivity index (χ2n) is 2.62. The van der Waals surface area contributed by atoms with E-state index in [9.17, 15) is 0 Å². The Morgan fingerprint density at radius 3 is 1.47 bits per heavy atom. The first-order valence-electron chi connectivity index (χ1n) is 4.45. The topological polar surface area (TPSA) is 72.3 Å². The third-order valence-electron chi connectivity index (χ3n) is 1.41. The molecule has 0 unspecified atom stereocenters. The molecular formula is C10H20N2Na2O. The van der Waals surface area contributed by atoms with Gasteiger partial charge in [0.15, 0.2) is 0 Å². The second-order valence-corrected chi connectivity index (χ2v) is 2.62. The van der Waals surface area contributed by atoms with Crippen LogP contribution in [0.15, 0.2) is 30.3 Å².